The Labute approximate surface area is 212 Å². The quantitative estimate of drug-likeness (QED) is 0.427. The van der Waals surface area contributed by atoms with E-state index in [9.17, 15) is 9.59 Å². The van der Waals surface area contributed by atoms with Gasteiger partial charge >= 0.3 is 0 Å². The summed E-state index contributed by atoms with van der Waals surface area (Å²) in [6.07, 6.45) is 7.23. The summed E-state index contributed by atoms with van der Waals surface area (Å²) in [4.78, 5) is 37.0. The Balaban J connectivity index is 1.13. The first kappa shape index (κ1) is 22.8. The molecule has 5 nitrogen and oxygen atoms in total. The van der Waals surface area contributed by atoms with Crippen molar-refractivity contribution in [2.45, 2.75) is 52.0 Å². The summed E-state index contributed by atoms with van der Waals surface area (Å²) < 4.78 is 0. The second-order valence-electron chi connectivity index (χ2n) is 10.6. The van der Waals surface area contributed by atoms with Crippen molar-refractivity contribution in [3.8, 4) is 0 Å². The molecule has 1 fully saturated rings. The van der Waals surface area contributed by atoms with Gasteiger partial charge in [0.05, 0.1) is 18.7 Å². The number of fused-ring (bicyclic) bond motifs is 2. The Morgan fingerprint density at radius 3 is 2.78 bits per heavy atom. The molecule has 3 aromatic rings. The third-order valence-corrected chi connectivity index (χ3v) is 8.00. The van der Waals surface area contributed by atoms with Crippen molar-refractivity contribution in [1.29, 1.82) is 0 Å². The fourth-order valence-corrected chi connectivity index (χ4v) is 6.21. The van der Waals surface area contributed by atoms with E-state index in [0.717, 1.165) is 71.6 Å². The number of aliphatic imine (C=N–C) groups is 1. The van der Waals surface area contributed by atoms with Gasteiger partial charge in [-0.15, -0.1) is 0 Å². The van der Waals surface area contributed by atoms with Crippen LogP contribution in [0, 0.1) is 18.8 Å². The number of carbonyl (C=O) groups is 2. The largest absolute Gasteiger partial charge is 0.312 e. The zero-order valence-corrected chi connectivity index (χ0v) is 20.7. The number of para-hydroxylation sites is 1. The van der Waals surface area contributed by atoms with Crippen molar-refractivity contribution in [1.82, 2.24) is 4.98 Å². The van der Waals surface area contributed by atoms with Crippen LogP contribution in [0.25, 0.3) is 0 Å². The number of anilines is 1. The zero-order chi connectivity index (χ0) is 24.6. The molecular formula is C31H31N3O2. The van der Waals surface area contributed by atoms with Crippen LogP contribution in [0.4, 0.5) is 5.69 Å². The zero-order valence-electron chi connectivity index (χ0n) is 20.7. The Morgan fingerprint density at radius 2 is 1.89 bits per heavy atom. The molecule has 3 aliphatic rings. The summed E-state index contributed by atoms with van der Waals surface area (Å²) in [5.41, 5.74) is 8.19. The van der Waals surface area contributed by atoms with Crippen molar-refractivity contribution < 1.29 is 9.59 Å². The van der Waals surface area contributed by atoms with Crippen LogP contribution >= 0.6 is 0 Å². The molecule has 0 bridgehead atoms. The number of amides is 1. The molecule has 2 aliphatic heterocycles. The minimum Gasteiger partial charge on any atom is -0.312 e. The topological polar surface area (TPSA) is 62.6 Å². The van der Waals surface area contributed by atoms with Crippen molar-refractivity contribution in [2.75, 3.05) is 11.4 Å². The fraction of sp³-hybridized carbons (Fsp3) is 0.355. The van der Waals surface area contributed by atoms with Gasteiger partial charge in [0, 0.05) is 47.2 Å². The van der Waals surface area contributed by atoms with Gasteiger partial charge in [-0.3, -0.25) is 19.6 Å². The second kappa shape index (κ2) is 9.45. The number of hydrogen-bond donors (Lipinski definition) is 0. The number of pyridine rings is 1. The van der Waals surface area contributed by atoms with Gasteiger partial charge in [0.25, 0.3) is 0 Å². The Kier molecular flexibility index (Phi) is 6.00. The number of aromatic nitrogens is 1. The van der Waals surface area contributed by atoms with E-state index in [-0.39, 0.29) is 11.7 Å². The van der Waals surface area contributed by atoms with Crippen LogP contribution in [0.15, 0.2) is 65.8 Å². The number of ketones is 1. The normalized spacial score (nSPS) is 20.8. The molecule has 36 heavy (non-hydrogen) atoms. The lowest BCUT2D eigenvalue weighted by Gasteiger charge is -2.32. The lowest BCUT2D eigenvalue weighted by atomic mass is 9.78. The molecule has 182 valence electrons. The van der Waals surface area contributed by atoms with Crippen LogP contribution in [0.5, 0.6) is 0 Å². The Bertz CT molecular complexity index is 1380. The van der Waals surface area contributed by atoms with Crippen LogP contribution in [0.1, 0.15) is 70.4 Å². The minimum absolute atomic E-state index is 0.203. The van der Waals surface area contributed by atoms with E-state index in [1.54, 1.807) is 0 Å². The summed E-state index contributed by atoms with van der Waals surface area (Å²) in [6, 6.07) is 18.2. The number of rotatable bonds is 6. The van der Waals surface area contributed by atoms with Crippen molar-refractivity contribution in [2.24, 2.45) is 16.8 Å². The highest BCUT2D eigenvalue weighted by Gasteiger charge is 2.32. The van der Waals surface area contributed by atoms with Gasteiger partial charge in [0.15, 0.2) is 5.78 Å². The van der Waals surface area contributed by atoms with E-state index < -0.39 is 0 Å². The van der Waals surface area contributed by atoms with Crippen LogP contribution in [-0.2, 0) is 17.8 Å². The third-order valence-electron chi connectivity index (χ3n) is 8.00. The van der Waals surface area contributed by atoms with Gasteiger partial charge in [-0.1, -0.05) is 36.8 Å². The molecule has 1 saturated carbocycles. The fourth-order valence-electron chi connectivity index (χ4n) is 6.21. The van der Waals surface area contributed by atoms with Gasteiger partial charge in [0.1, 0.15) is 0 Å². The summed E-state index contributed by atoms with van der Waals surface area (Å²) in [7, 11) is 0. The third kappa shape index (κ3) is 4.39. The number of Topliss-reactive ketones (excluding diaryl/α,β-unsaturated/α-hetero) is 1. The average Bonchev–Trinajstić information content (AvgIpc) is 3.44. The minimum atomic E-state index is 0.203. The number of benzene rings is 2. The first-order valence-corrected chi connectivity index (χ1v) is 13.1. The summed E-state index contributed by atoms with van der Waals surface area (Å²) >= 11 is 0. The highest BCUT2D eigenvalue weighted by molar-refractivity contribution is 6.16. The lowest BCUT2D eigenvalue weighted by Crippen LogP contribution is -2.34. The van der Waals surface area contributed by atoms with Crippen molar-refractivity contribution in [3.63, 3.8) is 0 Å². The van der Waals surface area contributed by atoms with E-state index in [4.69, 9.17) is 4.99 Å². The lowest BCUT2D eigenvalue weighted by molar-refractivity contribution is -0.117. The van der Waals surface area contributed by atoms with Crippen LogP contribution in [-0.4, -0.2) is 28.9 Å². The van der Waals surface area contributed by atoms with Crippen LogP contribution < -0.4 is 4.90 Å². The number of nitrogens with zero attached hydrogens (tertiary/aromatic N) is 3. The molecule has 2 aromatic carbocycles. The van der Waals surface area contributed by atoms with E-state index in [1.807, 2.05) is 54.4 Å². The predicted molar refractivity (Wildman–Crippen MR) is 142 cm³/mol. The molecule has 2 unspecified atom stereocenters. The van der Waals surface area contributed by atoms with Gasteiger partial charge in [-0.05, 0) is 73.4 Å². The van der Waals surface area contributed by atoms with Crippen molar-refractivity contribution in [3.05, 3.63) is 94.3 Å². The maximum absolute atomic E-state index is 13.4. The first-order valence-electron chi connectivity index (χ1n) is 13.1. The molecule has 0 spiro atoms. The molecule has 0 saturated heterocycles. The number of carbonyl (C=O) groups excluding carboxylic acids is 2. The molecule has 1 aromatic heterocycles. The molecule has 3 heterocycles. The highest BCUT2D eigenvalue weighted by Crippen LogP contribution is 2.36. The predicted octanol–water partition coefficient (Wildman–Crippen LogP) is 5.71. The highest BCUT2D eigenvalue weighted by atomic mass is 16.2. The summed E-state index contributed by atoms with van der Waals surface area (Å²) in [5, 5.41) is 0. The molecule has 2 atom stereocenters. The summed E-state index contributed by atoms with van der Waals surface area (Å²) in [5.74, 6) is 1.23. The standard InChI is InChI=1S/C31H31N3O2/c1-20-13-25(11-12-32-20)31-27-16-24(9-10-26(27)18-33-31)29(35)15-21-5-4-6-22(14-21)19-34-28-8-3-2-7-23(28)17-30(34)36/h2-3,7-13,16,21-22H,4-6,14-15,17-19H2,1H3. The van der Waals surface area contributed by atoms with Crippen LogP contribution in [0.2, 0.25) is 0 Å². The number of hydrogen-bond acceptors (Lipinski definition) is 4. The maximum Gasteiger partial charge on any atom is 0.231 e. The number of aryl methyl sites for hydroxylation is 1. The van der Waals surface area contributed by atoms with Gasteiger partial charge in [-0.2, -0.15) is 0 Å². The molecule has 5 heteroatoms. The Morgan fingerprint density at radius 1 is 1.03 bits per heavy atom. The molecule has 0 N–H and O–H groups in total. The second-order valence-corrected chi connectivity index (χ2v) is 10.6. The average molecular weight is 478 g/mol. The SMILES string of the molecule is Cc1cc(C2=NCc3ccc(C(=O)CC4CCCC(CN5C(=O)Cc6ccccc65)C4)cc32)ccn1. The van der Waals surface area contributed by atoms with Gasteiger partial charge < -0.3 is 4.90 Å². The molecule has 1 amide bonds. The van der Waals surface area contributed by atoms with Crippen LogP contribution in [0.3, 0.4) is 0 Å². The molecular weight excluding hydrogens is 446 g/mol. The van der Waals surface area contributed by atoms with Crippen molar-refractivity contribution >= 4 is 23.1 Å². The maximum atomic E-state index is 13.4. The van der Waals surface area contributed by atoms with Gasteiger partial charge in [-0.25, -0.2) is 0 Å². The Hall–Kier alpha value is -3.60. The smallest absolute Gasteiger partial charge is 0.231 e. The van der Waals surface area contributed by atoms with E-state index in [1.165, 1.54) is 5.56 Å². The first-order chi connectivity index (χ1) is 17.5. The molecule has 6 rings (SSSR count). The molecule has 1 aliphatic carbocycles. The molecule has 0 radical (unpaired) electrons. The van der Waals surface area contributed by atoms with Gasteiger partial charge in [0.2, 0.25) is 5.91 Å². The van der Waals surface area contributed by atoms with E-state index in [0.29, 0.717) is 31.2 Å². The monoisotopic (exact) mass is 477 g/mol. The van der Waals surface area contributed by atoms with E-state index >= 15 is 0 Å². The summed E-state index contributed by atoms with van der Waals surface area (Å²) in [6.45, 7) is 3.41. The van der Waals surface area contributed by atoms with E-state index in [2.05, 4.69) is 23.2 Å².